The van der Waals surface area contributed by atoms with Crippen molar-refractivity contribution in [3.63, 3.8) is 0 Å². The third kappa shape index (κ3) is 4.88. The fourth-order valence-corrected chi connectivity index (χ4v) is 4.23. The second kappa shape index (κ2) is 9.34. The van der Waals surface area contributed by atoms with Crippen molar-refractivity contribution in [1.29, 1.82) is 0 Å². The molecule has 2 heterocycles. The fraction of sp³-hybridized carbons (Fsp3) is 0.360. The molecule has 4 rings (SSSR count). The molecule has 1 fully saturated rings. The topological polar surface area (TPSA) is 82.1 Å². The zero-order chi connectivity index (χ0) is 22.7. The van der Waals surface area contributed by atoms with Crippen molar-refractivity contribution < 1.29 is 14.4 Å². The predicted octanol–water partition coefficient (Wildman–Crippen LogP) is 3.45. The number of benzene rings is 2. The molecule has 1 atom stereocenters. The van der Waals surface area contributed by atoms with Crippen LogP contribution in [-0.2, 0) is 14.4 Å². The normalized spacial score (nSPS) is 18.9. The van der Waals surface area contributed by atoms with Crippen molar-refractivity contribution in [3.05, 3.63) is 54.1 Å². The van der Waals surface area contributed by atoms with Crippen molar-refractivity contribution in [3.8, 4) is 11.1 Å². The van der Waals surface area contributed by atoms with Crippen molar-refractivity contribution >= 4 is 29.1 Å². The van der Waals surface area contributed by atoms with Gasteiger partial charge >= 0.3 is 0 Å². The van der Waals surface area contributed by atoms with Gasteiger partial charge in [0.1, 0.15) is 5.71 Å². The third-order valence-electron chi connectivity index (χ3n) is 6.02. The van der Waals surface area contributed by atoms with E-state index in [9.17, 15) is 14.4 Å². The SMILES string of the molecule is Cc1cccc(-c2cccc(NC(=O)[C@H]3CCCN(C(=O)C4=NN(C)C(=O)CC4)C3)c2)c1. The Morgan fingerprint density at radius 1 is 1.06 bits per heavy atom. The van der Waals surface area contributed by atoms with Gasteiger partial charge in [0.05, 0.1) is 5.92 Å². The fourth-order valence-electron chi connectivity index (χ4n) is 4.23. The molecule has 0 saturated carbocycles. The zero-order valence-corrected chi connectivity index (χ0v) is 18.5. The number of hydrazone groups is 1. The average molecular weight is 433 g/mol. The Morgan fingerprint density at radius 3 is 2.56 bits per heavy atom. The standard InChI is InChI=1S/C25H28N4O3/c1-17-6-3-7-18(14-17)19-8-4-10-21(15-19)26-24(31)20-9-5-13-29(16-20)25(32)22-11-12-23(30)28(2)27-22/h3-4,6-8,10,14-15,20H,5,9,11-13,16H2,1-2H3,(H,26,31)/t20-/m0/s1. The van der Waals surface area contributed by atoms with E-state index in [-0.39, 0.29) is 30.1 Å². The molecule has 1 saturated heterocycles. The maximum Gasteiger partial charge on any atom is 0.270 e. The summed E-state index contributed by atoms with van der Waals surface area (Å²) < 4.78 is 0. The van der Waals surface area contributed by atoms with E-state index in [1.165, 1.54) is 10.6 Å². The summed E-state index contributed by atoms with van der Waals surface area (Å²) in [4.78, 5) is 39.2. The Morgan fingerprint density at radius 2 is 1.81 bits per heavy atom. The molecule has 0 spiro atoms. The predicted molar refractivity (Wildman–Crippen MR) is 124 cm³/mol. The monoisotopic (exact) mass is 432 g/mol. The first-order valence-electron chi connectivity index (χ1n) is 11.0. The first-order valence-corrected chi connectivity index (χ1v) is 11.0. The van der Waals surface area contributed by atoms with Gasteiger partial charge in [-0.2, -0.15) is 5.10 Å². The van der Waals surface area contributed by atoms with Crippen molar-refractivity contribution in [1.82, 2.24) is 9.91 Å². The van der Waals surface area contributed by atoms with Crippen LogP contribution >= 0.6 is 0 Å². The van der Waals surface area contributed by atoms with Crippen LogP contribution in [-0.4, -0.2) is 53.5 Å². The molecule has 0 radical (unpaired) electrons. The Labute approximate surface area is 188 Å². The number of piperidine rings is 1. The van der Waals surface area contributed by atoms with E-state index in [1.807, 2.05) is 30.3 Å². The molecule has 7 heteroatoms. The van der Waals surface area contributed by atoms with Crippen LogP contribution in [0.4, 0.5) is 5.69 Å². The second-order valence-corrected chi connectivity index (χ2v) is 8.49. The molecule has 3 amide bonds. The van der Waals surface area contributed by atoms with Crippen LogP contribution in [0.3, 0.4) is 0 Å². The molecule has 0 aromatic heterocycles. The lowest BCUT2D eigenvalue weighted by Crippen LogP contribution is -2.47. The van der Waals surface area contributed by atoms with Crippen LogP contribution < -0.4 is 5.32 Å². The number of amides is 3. The largest absolute Gasteiger partial charge is 0.337 e. The first kappa shape index (κ1) is 21.7. The van der Waals surface area contributed by atoms with Gasteiger partial charge in [0.2, 0.25) is 11.8 Å². The molecule has 32 heavy (non-hydrogen) atoms. The van der Waals surface area contributed by atoms with Crippen LogP contribution in [0.25, 0.3) is 11.1 Å². The summed E-state index contributed by atoms with van der Waals surface area (Å²) in [6.45, 7) is 3.01. The van der Waals surface area contributed by atoms with E-state index >= 15 is 0 Å². The molecule has 2 aliphatic rings. The number of likely N-dealkylation sites (tertiary alicyclic amines) is 1. The van der Waals surface area contributed by atoms with Gasteiger partial charge in [-0.15, -0.1) is 0 Å². The highest BCUT2D eigenvalue weighted by atomic mass is 16.2. The van der Waals surface area contributed by atoms with E-state index in [1.54, 1.807) is 11.9 Å². The van der Waals surface area contributed by atoms with Gasteiger partial charge < -0.3 is 10.2 Å². The lowest BCUT2D eigenvalue weighted by Gasteiger charge is -2.33. The lowest BCUT2D eigenvalue weighted by atomic mass is 9.96. The number of hydrogen-bond donors (Lipinski definition) is 1. The van der Waals surface area contributed by atoms with E-state index in [4.69, 9.17) is 0 Å². The van der Waals surface area contributed by atoms with Gasteiger partial charge in [-0.3, -0.25) is 14.4 Å². The van der Waals surface area contributed by atoms with Gasteiger partial charge in [-0.25, -0.2) is 5.01 Å². The Balaban J connectivity index is 1.42. The van der Waals surface area contributed by atoms with Gasteiger partial charge in [-0.1, -0.05) is 42.0 Å². The minimum absolute atomic E-state index is 0.0817. The molecule has 0 aliphatic carbocycles. The smallest absolute Gasteiger partial charge is 0.270 e. The summed E-state index contributed by atoms with van der Waals surface area (Å²) in [6.07, 6.45) is 2.13. The highest BCUT2D eigenvalue weighted by molar-refractivity contribution is 6.39. The van der Waals surface area contributed by atoms with Crippen molar-refractivity contribution in [2.24, 2.45) is 11.0 Å². The molecule has 166 valence electrons. The van der Waals surface area contributed by atoms with E-state index < -0.39 is 0 Å². The molecule has 2 aliphatic heterocycles. The molecule has 0 bridgehead atoms. The number of rotatable bonds is 4. The van der Waals surface area contributed by atoms with Crippen LogP contribution in [0.5, 0.6) is 0 Å². The molecular weight excluding hydrogens is 404 g/mol. The summed E-state index contributed by atoms with van der Waals surface area (Å²) in [6, 6.07) is 16.1. The van der Waals surface area contributed by atoms with Gasteiger partial charge in [0.15, 0.2) is 0 Å². The number of nitrogens with zero attached hydrogens (tertiary/aromatic N) is 3. The van der Waals surface area contributed by atoms with Crippen LogP contribution in [0.2, 0.25) is 0 Å². The number of anilines is 1. The highest BCUT2D eigenvalue weighted by Gasteiger charge is 2.32. The van der Waals surface area contributed by atoms with Crippen LogP contribution in [0, 0.1) is 12.8 Å². The van der Waals surface area contributed by atoms with E-state index in [0.29, 0.717) is 25.2 Å². The summed E-state index contributed by atoms with van der Waals surface area (Å²) >= 11 is 0. The second-order valence-electron chi connectivity index (χ2n) is 8.49. The number of nitrogens with one attached hydrogen (secondary N) is 1. The minimum atomic E-state index is -0.279. The molecule has 2 aromatic carbocycles. The molecule has 1 N–H and O–H groups in total. The summed E-state index contributed by atoms with van der Waals surface area (Å²) in [5, 5.41) is 8.39. The highest BCUT2D eigenvalue weighted by Crippen LogP contribution is 2.25. The zero-order valence-electron chi connectivity index (χ0n) is 18.5. The third-order valence-corrected chi connectivity index (χ3v) is 6.02. The maximum atomic E-state index is 13.0. The summed E-state index contributed by atoms with van der Waals surface area (Å²) in [5.41, 5.74) is 4.46. The Kier molecular flexibility index (Phi) is 6.35. The Bertz CT molecular complexity index is 1080. The van der Waals surface area contributed by atoms with Crippen molar-refractivity contribution in [2.75, 3.05) is 25.5 Å². The van der Waals surface area contributed by atoms with Crippen LogP contribution in [0.15, 0.2) is 53.6 Å². The van der Waals surface area contributed by atoms with E-state index in [2.05, 4.69) is 35.5 Å². The average Bonchev–Trinajstić information content (AvgIpc) is 2.80. The van der Waals surface area contributed by atoms with Gasteiger partial charge in [0, 0.05) is 38.7 Å². The molecule has 7 nitrogen and oxygen atoms in total. The summed E-state index contributed by atoms with van der Waals surface area (Å²) in [5.74, 6) is -0.630. The van der Waals surface area contributed by atoms with Crippen molar-refractivity contribution in [2.45, 2.75) is 32.6 Å². The van der Waals surface area contributed by atoms with Gasteiger partial charge in [0.25, 0.3) is 5.91 Å². The van der Waals surface area contributed by atoms with Gasteiger partial charge in [-0.05, 0) is 43.0 Å². The first-order chi connectivity index (χ1) is 15.4. The number of carbonyl (C=O) groups is 3. The number of hydrogen-bond acceptors (Lipinski definition) is 4. The van der Waals surface area contributed by atoms with E-state index in [0.717, 1.165) is 29.7 Å². The molecule has 2 aromatic rings. The quantitative estimate of drug-likeness (QED) is 0.803. The lowest BCUT2D eigenvalue weighted by molar-refractivity contribution is -0.131. The molecular formula is C25H28N4O3. The number of aryl methyl sites for hydroxylation is 1. The Hall–Kier alpha value is -3.48. The van der Waals surface area contributed by atoms with Crippen LogP contribution in [0.1, 0.15) is 31.2 Å². The molecule has 0 unspecified atom stereocenters. The minimum Gasteiger partial charge on any atom is -0.337 e. The maximum absolute atomic E-state index is 13.0. The summed E-state index contributed by atoms with van der Waals surface area (Å²) in [7, 11) is 1.56. The number of carbonyl (C=O) groups excluding carboxylic acids is 3.